The predicted octanol–water partition coefficient (Wildman–Crippen LogP) is 3.87. The van der Waals surface area contributed by atoms with Crippen LogP contribution < -0.4 is 15.0 Å². The molecule has 0 saturated carbocycles. The van der Waals surface area contributed by atoms with Gasteiger partial charge in [-0.25, -0.2) is 4.79 Å². The van der Waals surface area contributed by atoms with Crippen LogP contribution in [0.25, 0.3) is 10.8 Å². The third-order valence-corrected chi connectivity index (χ3v) is 10.4. The van der Waals surface area contributed by atoms with E-state index in [2.05, 4.69) is 82.6 Å². The number of fused-ring (bicyclic) bond motifs is 1. The molecular formula is C35H44N6O4. The number of hydrogen-bond acceptors (Lipinski definition) is 8. The maximum atomic E-state index is 14.6. The van der Waals surface area contributed by atoms with Gasteiger partial charge in [0.25, 0.3) is 5.91 Å². The van der Waals surface area contributed by atoms with Crippen molar-refractivity contribution in [2.75, 3.05) is 91.0 Å². The molecule has 1 N–H and O–H groups in total. The summed E-state index contributed by atoms with van der Waals surface area (Å²) in [7, 11) is 7.68. The van der Waals surface area contributed by atoms with Gasteiger partial charge >= 0.3 is 6.03 Å². The first-order chi connectivity index (χ1) is 21.8. The number of morpholine rings is 1. The number of hydrogen-bond donors (Lipinski definition) is 1. The molecule has 45 heavy (non-hydrogen) atoms. The number of urea groups is 1. The minimum absolute atomic E-state index is 0.0318. The lowest BCUT2D eigenvalue weighted by molar-refractivity contribution is -0.133. The van der Waals surface area contributed by atoms with Gasteiger partial charge in [-0.2, -0.15) is 0 Å². The largest absolute Gasteiger partial charge is 0.495 e. The summed E-state index contributed by atoms with van der Waals surface area (Å²) in [4.78, 5) is 39.4. The molecule has 0 radical (unpaired) electrons. The van der Waals surface area contributed by atoms with E-state index in [0.717, 1.165) is 65.1 Å². The molecular weight excluding hydrogens is 568 g/mol. The lowest BCUT2D eigenvalue weighted by Crippen LogP contribution is -2.51. The molecule has 7 rings (SSSR count). The molecule has 1 unspecified atom stereocenters. The number of rotatable bonds is 9. The van der Waals surface area contributed by atoms with Crippen LogP contribution in [-0.2, 0) is 16.1 Å². The topological polar surface area (TPSA) is 80.8 Å². The van der Waals surface area contributed by atoms with Crippen molar-refractivity contribution >= 4 is 34.1 Å². The summed E-state index contributed by atoms with van der Waals surface area (Å²) in [5, 5.41) is 5.53. The summed E-state index contributed by atoms with van der Waals surface area (Å²) in [6, 6.07) is 18.7. The van der Waals surface area contributed by atoms with Crippen LogP contribution in [0.3, 0.4) is 0 Å². The van der Waals surface area contributed by atoms with Crippen LogP contribution in [0.4, 0.5) is 16.2 Å². The van der Waals surface area contributed by atoms with E-state index >= 15 is 0 Å². The SMILES string of the molecule is CNc1cc(CN2C[C@H]3CC(c4ccc(N(C)C)c5ccccc45)N4C(=O)N(CCN5CCOCC5)C(=O)[C@]34C2)ccc1OC. The number of imide groups is 1. The number of methoxy groups -OCH3 is 1. The Morgan fingerprint density at radius 2 is 1.78 bits per heavy atom. The molecule has 10 heteroatoms. The summed E-state index contributed by atoms with van der Waals surface area (Å²) in [6.45, 7) is 6.09. The van der Waals surface area contributed by atoms with E-state index < -0.39 is 5.54 Å². The molecule has 4 aliphatic rings. The third-order valence-electron chi connectivity index (χ3n) is 10.4. The first-order valence-electron chi connectivity index (χ1n) is 16.1. The Hall–Kier alpha value is -3.86. The number of carbonyl (C=O) groups is 2. The van der Waals surface area contributed by atoms with Gasteiger partial charge in [0.05, 0.1) is 32.1 Å². The van der Waals surface area contributed by atoms with Crippen molar-refractivity contribution in [3.8, 4) is 5.75 Å². The van der Waals surface area contributed by atoms with Crippen LogP contribution in [-0.4, -0.2) is 118 Å². The van der Waals surface area contributed by atoms with E-state index in [1.165, 1.54) is 0 Å². The molecule has 0 aliphatic carbocycles. The van der Waals surface area contributed by atoms with Crippen molar-refractivity contribution in [3.05, 3.63) is 65.7 Å². The van der Waals surface area contributed by atoms with Crippen LogP contribution in [0.15, 0.2) is 54.6 Å². The predicted molar refractivity (Wildman–Crippen MR) is 176 cm³/mol. The number of amides is 3. The molecule has 1 spiro atoms. The van der Waals surface area contributed by atoms with Gasteiger partial charge in [0.2, 0.25) is 0 Å². The number of anilines is 2. The lowest BCUT2D eigenvalue weighted by atomic mass is 9.87. The van der Waals surface area contributed by atoms with Gasteiger partial charge in [0.15, 0.2) is 0 Å². The van der Waals surface area contributed by atoms with E-state index in [1.54, 1.807) is 12.0 Å². The monoisotopic (exact) mass is 612 g/mol. The summed E-state index contributed by atoms with van der Waals surface area (Å²) in [5.41, 5.74) is 3.48. The van der Waals surface area contributed by atoms with E-state index in [4.69, 9.17) is 9.47 Å². The second-order valence-electron chi connectivity index (χ2n) is 13.0. The Bertz CT molecular complexity index is 1610. The van der Waals surface area contributed by atoms with Gasteiger partial charge in [-0.15, -0.1) is 0 Å². The van der Waals surface area contributed by atoms with Crippen molar-refractivity contribution in [2.45, 2.75) is 24.5 Å². The van der Waals surface area contributed by atoms with Crippen LogP contribution in [0.1, 0.15) is 23.6 Å². The molecule has 3 atom stereocenters. The molecule has 3 aromatic carbocycles. The van der Waals surface area contributed by atoms with E-state index in [1.807, 2.05) is 18.0 Å². The number of nitrogens with one attached hydrogen (secondary N) is 1. The van der Waals surface area contributed by atoms with Crippen molar-refractivity contribution in [1.29, 1.82) is 0 Å². The molecule has 4 aliphatic heterocycles. The van der Waals surface area contributed by atoms with E-state index in [9.17, 15) is 9.59 Å². The number of benzene rings is 3. The Morgan fingerprint density at radius 3 is 2.51 bits per heavy atom. The fraction of sp³-hybridized carbons (Fsp3) is 0.486. The molecule has 3 amide bonds. The molecule has 4 heterocycles. The summed E-state index contributed by atoms with van der Waals surface area (Å²) < 4.78 is 11.0. The van der Waals surface area contributed by atoms with Crippen LogP contribution >= 0.6 is 0 Å². The molecule has 4 fully saturated rings. The summed E-state index contributed by atoms with van der Waals surface area (Å²) in [5.74, 6) is 0.810. The Balaban J connectivity index is 1.23. The van der Waals surface area contributed by atoms with E-state index in [0.29, 0.717) is 39.4 Å². The lowest BCUT2D eigenvalue weighted by Gasteiger charge is -2.33. The average molecular weight is 613 g/mol. The fourth-order valence-corrected chi connectivity index (χ4v) is 8.24. The fourth-order valence-electron chi connectivity index (χ4n) is 8.24. The normalized spacial score (nSPS) is 25.2. The maximum Gasteiger partial charge on any atom is 0.328 e. The number of carbonyl (C=O) groups excluding carboxylic acids is 2. The van der Waals surface area contributed by atoms with Gasteiger partial charge in [-0.3, -0.25) is 19.5 Å². The molecule has 238 valence electrons. The Morgan fingerprint density at radius 1 is 1.00 bits per heavy atom. The highest BCUT2D eigenvalue weighted by Crippen LogP contribution is 2.56. The Kier molecular flexibility index (Phi) is 7.83. The van der Waals surface area contributed by atoms with Crippen molar-refractivity contribution in [3.63, 3.8) is 0 Å². The standard InChI is InChI=1S/C35H44N6O4/c1-36-29-19-24(9-12-32(29)44-4)21-39-22-25-20-31(28-10-11-30(37(2)3)27-8-6-5-7-26(27)28)41-34(43)40(33(42)35(25,41)23-39)14-13-38-15-17-45-18-16-38/h5-12,19,25,31,36H,13-18,20-23H2,1-4H3/t25-,31?,35+/m1/s1. The molecule has 3 aromatic rings. The molecule has 10 nitrogen and oxygen atoms in total. The van der Waals surface area contributed by atoms with Gasteiger partial charge < -0.3 is 24.6 Å². The van der Waals surface area contributed by atoms with Crippen LogP contribution in [0, 0.1) is 5.92 Å². The van der Waals surface area contributed by atoms with Gasteiger partial charge in [-0.05, 0) is 41.1 Å². The minimum atomic E-state index is -0.869. The Labute approximate surface area is 265 Å². The minimum Gasteiger partial charge on any atom is -0.495 e. The van der Waals surface area contributed by atoms with Gasteiger partial charge in [0, 0.05) is 83.9 Å². The highest BCUT2D eigenvalue weighted by molar-refractivity contribution is 6.09. The number of nitrogens with zero attached hydrogens (tertiary/aromatic N) is 5. The molecule has 4 saturated heterocycles. The zero-order chi connectivity index (χ0) is 31.3. The highest BCUT2D eigenvalue weighted by Gasteiger charge is 2.70. The first kappa shape index (κ1) is 29.8. The van der Waals surface area contributed by atoms with Crippen molar-refractivity contribution in [2.24, 2.45) is 5.92 Å². The van der Waals surface area contributed by atoms with E-state index in [-0.39, 0.29) is 23.9 Å². The number of likely N-dealkylation sites (tertiary alicyclic amines) is 1. The molecule has 0 aromatic heterocycles. The van der Waals surface area contributed by atoms with Crippen molar-refractivity contribution < 1.29 is 19.1 Å². The maximum absolute atomic E-state index is 14.6. The van der Waals surface area contributed by atoms with Crippen molar-refractivity contribution in [1.82, 2.24) is 19.6 Å². The smallest absolute Gasteiger partial charge is 0.328 e. The molecule has 0 bridgehead atoms. The second kappa shape index (κ2) is 11.8. The van der Waals surface area contributed by atoms with Gasteiger partial charge in [0.1, 0.15) is 11.3 Å². The number of ether oxygens (including phenoxy) is 2. The quantitative estimate of drug-likeness (QED) is 0.365. The van der Waals surface area contributed by atoms with Crippen LogP contribution in [0.5, 0.6) is 5.75 Å². The zero-order valence-corrected chi connectivity index (χ0v) is 26.8. The summed E-state index contributed by atoms with van der Waals surface area (Å²) in [6.07, 6.45) is 0.765. The third kappa shape index (κ3) is 4.90. The zero-order valence-electron chi connectivity index (χ0n) is 26.8. The first-order valence-corrected chi connectivity index (χ1v) is 16.1. The highest BCUT2D eigenvalue weighted by atomic mass is 16.5. The van der Waals surface area contributed by atoms with Crippen LogP contribution in [0.2, 0.25) is 0 Å². The average Bonchev–Trinajstić information content (AvgIpc) is 3.63. The van der Waals surface area contributed by atoms with Gasteiger partial charge in [-0.1, -0.05) is 36.4 Å². The second-order valence-corrected chi connectivity index (χ2v) is 13.0. The summed E-state index contributed by atoms with van der Waals surface area (Å²) >= 11 is 0.